The third-order valence-electron chi connectivity index (χ3n) is 3.79. The second-order valence-corrected chi connectivity index (χ2v) is 5.27. The highest BCUT2D eigenvalue weighted by Gasteiger charge is 2.26. The molecule has 1 aliphatic rings. The molecular weight excluding hydrogens is 282 g/mol. The van der Waals surface area contributed by atoms with Crippen molar-refractivity contribution in [2.45, 2.75) is 25.9 Å². The lowest BCUT2D eigenvalue weighted by atomic mass is 10.1. The van der Waals surface area contributed by atoms with Gasteiger partial charge < -0.3 is 20.7 Å². The first kappa shape index (κ1) is 16.5. The van der Waals surface area contributed by atoms with E-state index in [-0.39, 0.29) is 11.8 Å². The summed E-state index contributed by atoms with van der Waals surface area (Å²) in [6.45, 7) is 4.59. The second-order valence-electron chi connectivity index (χ2n) is 5.27. The minimum atomic E-state index is -0.500. The van der Waals surface area contributed by atoms with E-state index in [4.69, 9.17) is 10.5 Å². The van der Waals surface area contributed by atoms with Crippen molar-refractivity contribution in [1.29, 1.82) is 0 Å². The molecular formula is C16H23N3O3. The van der Waals surface area contributed by atoms with Crippen molar-refractivity contribution in [1.82, 2.24) is 10.2 Å². The van der Waals surface area contributed by atoms with E-state index in [1.165, 1.54) is 0 Å². The third kappa shape index (κ3) is 4.05. The fourth-order valence-electron chi connectivity index (χ4n) is 2.38. The quantitative estimate of drug-likeness (QED) is 0.830. The van der Waals surface area contributed by atoms with E-state index in [0.717, 1.165) is 5.56 Å². The summed E-state index contributed by atoms with van der Waals surface area (Å²) in [7, 11) is 0. The van der Waals surface area contributed by atoms with Gasteiger partial charge in [-0.15, -0.1) is 0 Å². The Labute approximate surface area is 130 Å². The largest absolute Gasteiger partial charge is 0.378 e. The Kier molecular flexibility index (Phi) is 5.91. The van der Waals surface area contributed by atoms with Crippen LogP contribution in [0.2, 0.25) is 0 Å². The summed E-state index contributed by atoms with van der Waals surface area (Å²) in [6.07, 6.45) is 0.558. The maximum absolute atomic E-state index is 12.4. The number of amides is 2. The molecule has 2 amide bonds. The van der Waals surface area contributed by atoms with Crippen LogP contribution in [0.4, 0.5) is 0 Å². The van der Waals surface area contributed by atoms with E-state index in [9.17, 15) is 9.59 Å². The molecule has 1 fully saturated rings. The van der Waals surface area contributed by atoms with Crippen LogP contribution in [0.25, 0.3) is 0 Å². The zero-order chi connectivity index (χ0) is 15.9. The molecule has 1 atom stereocenters. The minimum Gasteiger partial charge on any atom is -0.378 e. The van der Waals surface area contributed by atoms with E-state index in [2.05, 4.69) is 5.32 Å². The zero-order valence-electron chi connectivity index (χ0n) is 12.9. The number of ether oxygens (including phenoxy) is 1. The van der Waals surface area contributed by atoms with Gasteiger partial charge in [0.1, 0.15) is 6.04 Å². The number of nitrogens with two attached hydrogens (primary N) is 1. The van der Waals surface area contributed by atoms with Crippen LogP contribution in [0.5, 0.6) is 0 Å². The maximum Gasteiger partial charge on any atom is 0.251 e. The summed E-state index contributed by atoms with van der Waals surface area (Å²) in [5, 5.41) is 2.82. The second kappa shape index (κ2) is 7.91. The average molecular weight is 305 g/mol. The molecule has 1 aliphatic heterocycles. The Morgan fingerprint density at radius 3 is 2.45 bits per heavy atom. The topological polar surface area (TPSA) is 84.7 Å². The molecule has 0 aliphatic carbocycles. The van der Waals surface area contributed by atoms with Crippen LogP contribution in [0.3, 0.4) is 0 Å². The molecule has 0 bridgehead atoms. The van der Waals surface area contributed by atoms with Crippen molar-refractivity contribution in [2.75, 3.05) is 26.3 Å². The van der Waals surface area contributed by atoms with Gasteiger partial charge >= 0.3 is 0 Å². The lowest BCUT2D eigenvalue weighted by Gasteiger charge is -2.30. The van der Waals surface area contributed by atoms with Gasteiger partial charge in [-0.3, -0.25) is 9.59 Å². The Morgan fingerprint density at radius 1 is 1.27 bits per heavy atom. The monoisotopic (exact) mass is 305 g/mol. The fourth-order valence-corrected chi connectivity index (χ4v) is 2.38. The molecule has 6 heteroatoms. The number of carbonyl (C=O) groups excluding carboxylic acids is 2. The molecule has 3 N–H and O–H groups in total. The number of nitrogens with zero attached hydrogens (tertiary/aromatic N) is 1. The van der Waals surface area contributed by atoms with Crippen molar-refractivity contribution in [3.05, 3.63) is 35.4 Å². The first-order valence-electron chi connectivity index (χ1n) is 7.62. The van der Waals surface area contributed by atoms with Gasteiger partial charge in [-0.2, -0.15) is 0 Å². The Bertz CT molecular complexity index is 510. The zero-order valence-corrected chi connectivity index (χ0v) is 12.9. The van der Waals surface area contributed by atoms with E-state index < -0.39 is 6.04 Å². The van der Waals surface area contributed by atoms with Gasteiger partial charge in [-0.1, -0.05) is 19.1 Å². The summed E-state index contributed by atoms with van der Waals surface area (Å²) < 4.78 is 5.24. The lowest BCUT2D eigenvalue weighted by molar-refractivity contribution is -0.137. The maximum atomic E-state index is 12.4. The highest BCUT2D eigenvalue weighted by Crippen LogP contribution is 2.07. The number of hydrogen-bond acceptors (Lipinski definition) is 4. The smallest absolute Gasteiger partial charge is 0.251 e. The predicted octanol–water partition coefficient (Wildman–Crippen LogP) is 0.513. The van der Waals surface area contributed by atoms with Crippen LogP contribution in [0.1, 0.15) is 29.3 Å². The van der Waals surface area contributed by atoms with Crippen LogP contribution in [0.15, 0.2) is 24.3 Å². The highest BCUT2D eigenvalue weighted by atomic mass is 16.5. The normalized spacial score (nSPS) is 16.2. The predicted molar refractivity (Wildman–Crippen MR) is 83.3 cm³/mol. The molecule has 1 unspecified atom stereocenters. The summed E-state index contributed by atoms with van der Waals surface area (Å²) >= 11 is 0. The molecule has 0 radical (unpaired) electrons. The minimum absolute atomic E-state index is 0.0438. The number of rotatable bonds is 5. The van der Waals surface area contributed by atoms with Gasteiger partial charge in [-0.05, 0) is 24.1 Å². The van der Waals surface area contributed by atoms with Gasteiger partial charge in [0.15, 0.2) is 0 Å². The van der Waals surface area contributed by atoms with Crippen molar-refractivity contribution < 1.29 is 14.3 Å². The lowest BCUT2D eigenvalue weighted by Crippen LogP contribution is -2.51. The number of hydrogen-bond donors (Lipinski definition) is 2. The number of nitrogens with one attached hydrogen (secondary N) is 1. The molecule has 1 aromatic carbocycles. The number of carbonyl (C=O) groups is 2. The Hall–Kier alpha value is -1.92. The average Bonchev–Trinajstić information content (AvgIpc) is 2.59. The molecule has 1 heterocycles. The molecule has 1 aromatic rings. The SMILES string of the molecule is CCC(NC(=O)c1ccc(CN)cc1)C(=O)N1CCOCC1. The van der Waals surface area contributed by atoms with Crippen LogP contribution in [-0.2, 0) is 16.1 Å². The highest BCUT2D eigenvalue weighted by molar-refractivity contribution is 5.97. The van der Waals surface area contributed by atoms with Crippen LogP contribution < -0.4 is 11.1 Å². The van der Waals surface area contributed by atoms with Gasteiger partial charge in [0.2, 0.25) is 5.91 Å². The fraction of sp³-hybridized carbons (Fsp3) is 0.500. The van der Waals surface area contributed by atoms with Crippen LogP contribution in [0, 0.1) is 0 Å². The molecule has 6 nitrogen and oxygen atoms in total. The van der Waals surface area contributed by atoms with Gasteiger partial charge in [0.05, 0.1) is 13.2 Å². The molecule has 1 saturated heterocycles. The molecule has 2 rings (SSSR count). The summed E-state index contributed by atoms with van der Waals surface area (Å²) in [5.74, 6) is -0.283. The van der Waals surface area contributed by atoms with Gasteiger partial charge in [0, 0.05) is 25.2 Å². The van der Waals surface area contributed by atoms with Gasteiger partial charge in [0.25, 0.3) is 5.91 Å². The van der Waals surface area contributed by atoms with Crippen molar-refractivity contribution in [2.24, 2.45) is 5.73 Å². The van der Waals surface area contributed by atoms with Crippen LogP contribution >= 0.6 is 0 Å². The number of morpholine rings is 1. The molecule has 120 valence electrons. The van der Waals surface area contributed by atoms with E-state index in [1.807, 2.05) is 19.1 Å². The van der Waals surface area contributed by atoms with Crippen molar-refractivity contribution >= 4 is 11.8 Å². The van der Waals surface area contributed by atoms with Gasteiger partial charge in [-0.25, -0.2) is 0 Å². The Balaban J connectivity index is 1.98. The standard InChI is InChI=1S/C16H23N3O3/c1-2-14(16(21)19-7-9-22-10-8-19)18-15(20)13-5-3-12(11-17)4-6-13/h3-6,14H,2,7-11,17H2,1H3,(H,18,20). The van der Waals surface area contributed by atoms with E-state index in [0.29, 0.717) is 44.8 Å². The first-order chi connectivity index (χ1) is 10.7. The van der Waals surface area contributed by atoms with E-state index >= 15 is 0 Å². The molecule has 0 saturated carbocycles. The third-order valence-corrected chi connectivity index (χ3v) is 3.79. The van der Waals surface area contributed by atoms with Crippen LogP contribution in [-0.4, -0.2) is 49.1 Å². The van der Waals surface area contributed by atoms with Crippen molar-refractivity contribution in [3.8, 4) is 0 Å². The van der Waals surface area contributed by atoms with Crippen molar-refractivity contribution in [3.63, 3.8) is 0 Å². The van der Waals surface area contributed by atoms with E-state index in [1.54, 1.807) is 17.0 Å². The molecule has 0 spiro atoms. The summed E-state index contributed by atoms with van der Waals surface area (Å²) in [5.41, 5.74) is 7.04. The summed E-state index contributed by atoms with van der Waals surface area (Å²) in [6, 6.07) is 6.59. The summed E-state index contributed by atoms with van der Waals surface area (Å²) in [4.78, 5) is 26.4. The first-order valence-corrected chi connectivity index (χ1v) is 7.62. The molecule has 0 aromatic heterocycles. The Morgan fingerprint density at radius 2 is 1.91 bits per heavy atom. The number of benzene rings is 1. The molecule has 22 heavy (non-hydrogen) atoms.